The molecule has 5 aromatic carbocycles. The van der Waals surface area contributed by atoms with Crippen molar-refractivity contribution in [3.8, 4) is 11.8 Å². The molecule has 0 aromatic heterocycles. The third-order valence-electron chi connectivity index (χ3n) is 6.72. The van der Waals surface area contributed by atoms with Crippen molar-refractivity contribution < 1.29 is 13.2 Å². The zero-order valence-corrected chi connectivity index (χ0v) is 22.0. The summed E-state index contributed by atoms with van der Waals surface area (Å²) < 4.78 is 28.9. The Morgan fingerprint density at radius 1 is 0.737 bits per heavy atom. The first-order valence-electron chi connectivity index (χ1n) is 12.3. The molecule has 1 atom stereocenters. The molecule has 5 rings (SSSR count). The van der Waals surface area contributed by atoms with Crippen LogP contribution in [0.3, 0.4) is 0 Å². The maximum atomic E-state index is 13.1. The van der Waals surface area contributed by atoms with Gasteiger partial charge >= 0.3 is 0 Å². The van der Waals surface area contributed by atoms with Gasteiger partial charge in [-0.15, -0.1) is 0 Å². The Balaban J connectivity index is 1.51. The Hall–Kier alpha value is -4.24. The highest BCUT2D eigenvalue weighted by molar-refractivity contribution is 7.89. The number of rotatable bonds is 6. The predicted octanol–water partition coefficient (Wildman–Crippen LogP) is 6.64. The summed E-state index contributed by atoms with van der Waals surface area (Å²) in [4.78, 5) is 12.1. The van der Waals surface area contributed by atoms with E-state index < -0.39 is 21.5 Å². The summed E-state index contributed by atoms with van der Waals surface area (Å²) in [6.07, 6.45) is 0.782. The number of hydrogen-bond acceptors (Lipinski definition) is 3. The molecule has 0 heterocycles. The number of carbonyl (C=O) groups is 1. The van der Waals surface area contributed by atoms with E-state index in [0.717, 1.165) is 39.0 Å². The first-order valence-corrected chi connectivity index (χ1v) is 13.8. The number of sulfonamides is 1. The van der Waals surface area contributed by atoms with Crippen LogP contribution in [0.25, 0.3) is 21.5 Å². The third-order valence-corrected chi connectivity index (χ3v) is 8.16. The molecule has 0 saturated heterocycles. The Morgan fingerprint density at radius 3 is 1.87 bits per heavy atom. The molecule has 4 nitrogen and oxygen atoms in total. The van der Waals surface area contributed by atoms with E-state index in [1.54, 1.807) is 32.0 Å². The van der Waals surface area contributed by atoms with E-state index in [0.29, 0.717) is 5.56 Å². The van der Waals surface area contributed by atoms with Crippen LogP contribution in [0, 0.1) is 17.3 Å². The van der Waals surface area contributed by atoms with Crippen molar-refractivity contribution >= 4 is 37.9 Å². The highest BCUT2D eigenvalue weighted by atomic mass is 32.2. The minimum Gasteiger partial charge on any atom is -0.303 e. The van der Waals surface area contributed by atoms with Gasteiger partial charge in [-0.05, 0) is 57.4 Å². The second-order valence-electron chi connectivity index (χ2n) is 9.87. The van der Waals surface area contributed by atoms with Crippen molar-refractivity contribution in [3.63, 3.8) is 0 Å². The normalized spacial score (nSPS) is 12.6. The molecule has 0 bridgehead atoms. The molecule has 5 aromatic rings. The maximum Gasteiger partial charge on any atom is 0.241 e. The third kappa shape index (κ3) is 5.10. The Kier molecular flexibility index (Phi) is 6.86. The summed E-state index contributed by atoms with van der Waals surface area (Å²) in [6, 6.07) is 33.4. The molecular weight excluding hydrogens is 490 g/mol. The van der Waals surface area contributed by atoms with Crippen LogP contribution in [0.15, 0.2) is 114 Å². The van der Waals surface area contributed by atoms with Gasteiger partial charge in [-0.2, -0.15) is 0 Å². The van der Waals surface area contributed by atoms with E-state index in [9.17, 15) is 13.2 Å². The molecule has 0 amide bonds. The van der Waals surface area contributed by atoms with E-state index in [2.05, 4.69) is 46.9 Å². The quantitative estimate of drug-likeness (QED) is 0.156. The lowest BCUT2D eigenvalue weighted by Crippen LogP contribution is -2.39. The van der Waals surface area contributed by atoms with Crippen LogP contribution in [-0.4, -0.2) is 14.7 Å². The summed E-state index contributed by atoms with van der Waals surface area (Å²) in [6.45, 7) is 3.44. The van der Waals surface area contributed by atoms with Crippen molar-refractivity contribution in [2.45, 2.75) is 24.8 Å². The first kappa shape index (κ1) is 25.4. The molecule has 0 aliphatic carbocycles. The van der Waals surface area contributed by atoms with Crippen molar-refractivity contribution in [2.24, 2.45) is 5.41 Å². The standard InChI is InChI=1S/C33H27NO3S/c1-33(2,23-35)32(34-38(36,37)28-12-4-3-5-13-28)25-19-16-24(17-20-25)18-21-31-29-14-8-6-10-26(29)22-27-11-7-9-15-30(27)31/h3-17,19-20,22-23,32,34H,1-2H3. The average molecular weight is 518 g/mol. The lowest BCUT2D eigenvalue weighted by atomic mass is 9.82. The van der Waals surface area contributed by atoms with E-state index >= 15 is 0 Å². The summed E-state index contributed by atoms with van der Waals surface area (Å²) in [7, 11) is -3.84. The molecule has 0 aliphatic heterocycles. The highest BCUT2D eigenvalue weighted by Crippen LogP contribution is 2.33. The fourth-order valence-electron chi connectivity index (χ4n) is 4.58. The van der Waals surface area contributed by atoms with Crippen molar-refractivity contribution in [1.29, 1.82) is 0 Å². The van der Waals surface area contributed by atoms with E-state index in [4.69, 9.17) is 0 Å². The molecule has 188 valence electrons. The number of fused-ring (bicyclic) bond motifs is 2. The van der Waals surface area contributed by atoms with Gasteiger partial charge in [0, 0.05) is 16.5 Å². The predicted molar refractivity (Wildman–Crippen MR) is 153 cm³/mol. The van der Waals surface area contributed by atoms with Gasteiger partial charge in [-0.1, -0.05) is 105 Å². The van der Waals surface area contributed by atoms with Gasteiger partial charge < -0.3 is 4.79 Å². The molecule has 0 spiro atoms. The van der Waals surface area contributed by atoms with Crippen LogP contribution < -0.4 is 4.72 Å². The average Bonchev–Trinajstić information content (AvgIpc) is 2.95. The number of hydrogen-bond donors (Lipinski definition) is 1. The molecule has 5 heteroatoms. The minimum absolute atomic E-state index is 0.150. The van der Waals surface area contributed by atoms with Crippen molar-refractivity contribution in [1.82, 2.24) is 4.72 Å². The molecule has 38 heavy (non-hydrogen) atoms. The number of benzene rings is 5. The SMILES string of the molecule is CC(C)(C=O)C(NS(=O)(=O)c1ccccc1)c1ccc(C#Cc2c3ccccc3cc3ccccc23)cc1. The van der Waals surface area contributed by atoms with Crippen LogP contribution in [0.5, 0.6) is 0 Å². The van der Waals surface area contributed by atoms with Gasteiger partial charge in [-0.25, -0.2) is 13.1 Å². The zero-order valence-electron chi connectivity index (χ0n) is 21.2. The largest absolute Gasteiger partial charge is 0.303 e. The monoisotopic (exact) mass is 517 g/mol. The molecule has 1 unspecified atom stereocenters. The topological polar surface area (TPSA) is 63.2 Å². The van der Waals surface area contributed by atoms with Gasteiger partial charge in [0.05, 0.1) is 10.9 Å². The van der Waals surface area contributed by atoms with Crippen molar-refractivity contribution in [2.75, 3.05) is 0 Å². The Labute approximate surface area is 223 Å². The van der Waals surface area contributed by atoms with E-state index in [-0.39, 0.29) is 4.90 Å². The van der Waals surface area contributed by atoms with Crippen LogP contribution in [0.2, 0.25) is 0 Å². The van der Waals surface area contributed by atoms with Gasteiger partial charge in [0.25, 0.3) is 0 Å². The van der Waals surface area contributed by atoms with Crippen molar-refractivity contribution in [3.05, 3.63) is 126 Å². The molecule has 0 radical (unpaired) electrons. The van der Waals surface area contributed by atoms with Crippen LogP contribution in [-0.2, 0) is 14.8 Å². The Bertz CT molecular complexity index is 1740. The molecule has 0 fully saturated rings. The van der Waals surface area contributed by atoms with Gasteiger partial charge in [0.1, 0.15) is 6.29 Å². The van der Waals surface area contributed by atoms with Gasteiger partial charge in [-0.3, -0.25) is 0 Å². The second kappa shape index (κ2) is 10.3. The first-order chi connectivity index (χ1) is 18.3. The summed E-state index contributed by atoms with van der Waals surface area (Å²) in [5, 5.41) is 4.46. The van der Waals surface area contributed by atoms with Crippen LogP contribution in [0.1, 0.15) is 36.6 Å². The van der Waals surface area contributed by atoms with Gasteiger partial charge in [0.15, 0.2) is 0 Å². The maximum absolute atomic E-state index is 13.1. The second-order valence-corrected chi connectivity index (χ2v) is 11.6. The van der Waals surface area contributed by atoms with E-state index in [1.165, 1.54) is 12.1 Å². The number of carbonyl (C=O) groups excluding carboxylic acids is 1. The molecular formula is C33H27NO3S. The van der Waals surface area contributed by atoms with E-state index in [1.807, 2.05) is 48.5 Å². The Morgan fingerprint density at radius 2 is 1.29 bits per heavy atom. The molecule has 1 N–H and O–H groups in total. The minimum atomic E-state index is -3.84. The fourth-order valence-corrected chi connectivity index (χ4v) is 5.98. The molecule has 0 aliphatic rings. The van der Waals surface area contributed by atoms with Gasteiger partial charge in [0.2, 0.25) is 10.0 Å². The highest BCUT2D eigenvalue weighted by Gasteiger charge is 2.34. The number of aldehydes is 1. The summed E-state index contributed by atoms with van der Waals surface area (Å²) in [5.74, 6) is 6.66. The lowest BCUT2D eigenvalue weighted by Gasteiger charge is -2.30. The summed E-state index contributed by atoms with van der Waals surface area (Å²) in [5.41, 5.74) is 1.47. The summed E-state index contributed by atoms with van der Waals surface area (Å²) >= 11 is 0. The molecule has 0 saturated carbocycles. The lowest BCUT2D eigenvalue weighted by molar-refractivity contribution is -0.115. The smallest absolute Gasteiger partial charge is 0.241 e. The zero-order chi connectivity index (χ0) is 26.8. The number of nitrogens with one attached hydrogen (secondary N) is 1. The fraction of sp³-hybridized carbons (Fsp3) is 0.121. The van der Waals surface area contributed by atoms with Crippen LogP contribution in [0.4, 0.5) is 0 Å². The van der Waals surface area contributed by atoms with Crippen LogP contribution >= 0.6 is 0 Å².